The van der Waals surface area contributed by atoms with Gasteiger partial charge in [-0.15, -0.1) is 0 Å². The molecule has 0 heterocycles. The third kappa shape index (κ3) is 6.64. The average molecular weight is 269 g/mol. The summed E-state index contributed by atoms with van der Waals surface area (Å²) in [7, 11) is -3.45. The molecule has 0 aliphatic heterocycles. The lowest BCUT2D eigenvalue weighted by atomic mass is 10.1. The van der Waals surface area contributed by atoms with Gasteiger partial charge in [0.15, 0.2) is 0 Å². The number of unbranched alkanes of at least 4 members (excludes halogenated alkanes) is 5. The molecule has 0 saturated heterocycles. The molecule has 0 N–H and O–H groups in total. The van der Waals surface area contributed by atoms with Gasteiger partial charge in [0.05, 0.1) is 5.75 Å². The lowest BCUT2D eigenvalue weighted by Gasteiger charge is -2.06. The fourth-order valence-corrected chi connectivity index (χ4v) is 2.71. The summed E-state index contributed by atoms with van der Waals surface area (Å²) in [6.45, 7) is 2.16. The first-order valence-electron chi connectivity index (χ1n) is 6.52. The van der Waals surface area contributed by atoms with Crippen LogP contribution in [0, 0.1) is 6.07 Å². The third-order valence-electron chi connectivity index (χ3n) is 2.65. The quantitative estimate of drug-likeness (QED) is 0.508. The molecule has 4 heteroatoms. The second-order valence-corrected chi connectivity index (χ2v) is 6.04. The Balaban J connectivity index is 2.24. The van der Waals surface area contributed by atoms with Crippen LogP contribution < -0.4 is 4.18 Å². The average Bonchev–Trinajstić information content (AvgIpc) is 2.34. The monoisotopic (exact) mass is 269 g/mol. The predicted octanol–water partition coefficient (Wildman–Crippen LogP) is 3.56. The first kappa shape index (κ1) is 15.0. The molecule has 0 saturated carbocycles. The standard InChI is InChI=1S/C14H21O3S/c1-2-3-4-5-6-10-13-18(15,16)17-14-11-8-7-9-12-14/h7-8,11-12H,2-6,10,13H2,1H3. The molecule has 0 unspecified atom stereocenters. The molecule has 0 atom stereocenters. The van der Waals surface area contributed by atoms with Gasteiger partial charge in [-0.05, 0) is 24.6 Å². The van der Waals surface area contributed by atoms with Crippen molar-refractivity contribution in [2.45, 2.75) is 45.4 Å². The SMILES string of the molecule is CCCCCCCCS(=O)(=O)Oc1c[c]ccc1. The molecule has 0 fully saturated rings. The highest BCUT2D eigenvalue weighted by Crippen LogP contribution is 2.13. The second-order valence-electron chi connectivity index (χ2n) is 4.35. The van der Waals surface area contributed by atoms with Crippen LogP contribution in [0.15, 0.2) is 24.3 Å². The zero-order valence-corrected chi connectivity index (χ0v) is 11.7. The van der Waals surface area contributed by atoms with Crippen molar-refractivity contribution in [3.8, 4) is 5.75 Å². The number of benzene rings is 1. The summed E-state index contributed by atoms with van der Waals surface area (Å²) in [6.07, 6.45) is 6.33. The van der Waals surface area contributed by atoms with Crippen molar-refractivity contribution in [3.05, 3.63) is 30.3 Å². The molecular formula is C14H21O3S. The smallest absolute Gasteiger partial charge is 0.309 e. The van der Waals surface area contributed by atoms with Crippen LogP contribution in [0.2, 0.25) is 0 Å². The van der Waals surface area contributed by atoms with Gasteiger partial charge in [0, 0.05) is 0 Å². The Morgan fingerprint density at radius 2 is 1.89 bits per heavy atom. The van der Waals surface area contributed by atoms with Crippen molar-refractivity contribution in [3.63, 3.8) is 0 Å². The van der Waals surface area contributed by atoms with E-state index < -0.39 is 10.1 Å². The summed E-state index contributed by atoms with van der Waals surface area (Å²) in [5.41, 5.74) is 0. The van der Waals surface area contributed by atoms with E-state index >= 15 is 0 Å². The van der Waals surface area contributed by atoms with Crippen molar-refractivity contribution < 1.29 is 12.6 Å². The van der Waals surface area contributed by atoms with Crippen LogP contribution >= 0.6 is 0 Å². The van der Waals surface area contributed by atoms with Crippen LogP contribution in [0.4, 0.5) is 0 Å². The normalized spacial score (nSPS) is 11.4. The van der Waals surface area contributed by atoms with Gasteiger partial charge in [-0.1, -0.05) is 51.2 Å². The van der Waals surface area contributed by atoms with E-state index in [9.17, 15) is 8.42 Å². The molecule has 0 bridgehead atoms. The van der Waals surface area contributed by atoms with E-state index in [2.05, 4.69) is 13.0 Å². The van der Waals surface area contributed by atoms with Gasteiger partial charge in [-0.2, -0.15) is 8.42 Å². The van der Waals surface area contributed by atoms with Crippen molar-refractivity contribution in [2.24, 2.45) is 0 Å². The number of rotatable bonds is 9. The van der Waals surface area contributed by atoms with Crippen LogP contribution in [-0.2, 0) is 10.1 Å². The van der Waals surface area contributed by atoms with Crippen molar-refractivity contribution in [1.82, 2.24) is 0 Å². The van der Waals surface area contributed by atoms with E-state index in [0.717, 1.165) is 12.8 Å². The Labute approximate surface area is 110 Å². The minimum absolute atomic E-state index is 0.0913. The highest BCUT2D eigenvalue weighted by molar-refractivity contribution is 7.87. The van der Waals surface area contributed by atoms with E-state index in [1.54, 1.807) is 18.2 Å². The Morgan fingerprint density at radius 1 is 1.17 bits per heavy atom. The molecule has 101 valence electrons. The summed E-state index contributed by atoms with van der Waals surface area (Å²) in [5.74, 6) is 0.428. The molecule has 0 amide bonds. The van der Waals surface area contributed by atoms with Gasteiger partial charge in [-0.25, -0.2) is 0 Å². The highest BCUT2D eigenvalue weighted by Gasteiger charge is 2.11. The first-order chi connectivity index (χ1) is 8.64. The summed E-state index contributed by atoms with van der Waals surface area (Å²) in [5, 5.41) is 0. The van der Waals surface area contributed by atoms with E-state index in [0.29, 0.717) is 12.2 Å². The Kier molecular flexibility index (Phi) is 6.80. The van der Waals surface area contributed by atoms with Gasteiger partial charge in [-0.3, -0.25) is 0 Å². The first-order valence-corrected chi connectivity index (χ1v) is 8.10. The molecule has 0 spiro atoms. The molecular weight excluding hydrogens is 248 g/mol. The fraction of sp³-hybridized carbons (Fsp3) is 0.571. The molecule has 0 aliphatic rings. The maximum atomic E-state index is 11.7. The highest BCUT2D eigenvalue weighted by atomic mass is 32.2. The predicted molar refractivity (Wildman–Crippen MR) is 73.1 cm³/mol. The zero-order chi connectivity index (χ0) is 13.3. The summed E-state index contributed by atoms with van der Waals surface area (Å²) in [4.78, 5) is 0. The number of hydrogen-bond donors (Lipinski definition) is 0. The zero-order valence-electron chi connectivity index (χ0n) is 10.9. The summed E-state index contributed by atoms with van der Waals surface area (Å²) >= 11 is 0. The second kappa shape index (κ2) is 8.14. The largest absolute Gasteiger partial charge is 0.382 e. The number of hydrogen-bond acceptors (Lipinski definition) is 3. The van der Waals surface area contributed by atoms with E-state index in [-0.39, 0.29) is 5.75 Å². The molecule has 1 rings (SSSR count). The lowest BCUT2D eigenvalue weighted by molar-refractivity contribution is 0.481. The topological polar surface area (TPSA) is 43.4 Å². The minimum atomic E-state index is -3.45. The molecule has 0 aliphatic carbocycles. The Bertz CT molecular complexity index is 412. The molecule has 0 aromatic heterocycles. The van der Waals surface area contributed by atoms with Gasteiger partial charge >= 0.3 is 10.1 Å². The van der Waals surface area contributed by atoms with Crippen LogP contribution in [0.1, 0.15) is 45.4 Å². The van der Waals surface area contributed by atoms with Gasteiger partial charge in [0.1, 0.15) is 5.75 Å². The Hall–Kier alpha value is -1.03. The maximum absolute atomic E-state index is 11.7. The molecule has 3 nitrogen and oxygen atoms in total. The molecule has 1 aromatic carbocycles. The summed E-state index contributed by atoms with van der Waals surface area (Å²) < 4.78 is 28.3. The third-order valence-corrected chi connectivity index (χ3v) is 3.88. The van der Waals surface area contributed by atoms with Crippen LogP contribution in [0.25, 0.3) is 0 Å². The minimum Gasteiger partial charge on any atom is -0.382 e. The van der Waals surface area contributed by atoms with Crippen LogP contribution in [0.5, 0.6) is 5.75 Å². The van der Waals surface area contributed by atoms with Gasteiger partial charge in [0.2, 0.25) is 0 Å². The van der Waals surface area contributed by atoms with E-state index in [4.69, 9.17) is 4.18 Å². The van der Waals surface area contributed by atoms with E-state index in [1.807, 2.05) is 0 Å². The maximum Gasteiger partial charge on any atom is 0.309 e. The van der Waals surface area contributed by atoms with Crippen molar-refractivity contribution in [2.75, 3.05) is 5.75 Å². The van der Waals surface area contributed by atoms with Crippen molar-refractivity contribution in [1.29, 1.82) is 0 Å². The van der Waals surface area contributed by atoms with Gasteiger partial charge in [0.25, 0.3) is 0 Å². The molecule has 18 heavy (non-hydrogen) atoms. The van der Waals surface area contributed by atoms with Crippen LogP contribution in [-0.4, -0.2) is 14.2 Å². The van der Waals surface area contributed by atoms with Crippen molar-refractivity contribution >= 4 is 10.1 Å². The summed E-state index contributed by atoms with van der Waals surface area (Å²) in [6, 6.07) is 9.34. The van der Waals surface area contributed by atoms with E-state index in [1.165, 1.54) is 25.3 Å². The van der Waals surface area contributed by atoms with Gasteiger partial charge < -0.3 is 4.18 Å². The lowest BCUT2D eigenvalue weighted by Crippen LogP contribution is -2.13. The van der Waals surface area contributed by atoms with Crippen LogP contribution in [0.3, 0.4) is 0 Å². The molecule has 1 aromatic rings. The Morgan fingerprint density at radius 3 is 2.56 bits per heavy atom. The fourth-order valence-electron chi connectivity index (χ4n) is 1.68. The molecule has 1 radical (unpaired) electrons.